The van der Waals surface area contributed by atoms with E-state index in [-0.39, 0.29) is 30.3 Å². The zero-order valence-electron chi connectivity index (χ0n) is 14.1. The number of hydrogen-bond acceptors (Lipinski definition) is 4. The van der Waals surface area contributed by atoms with Crippen molar-refractivity contribution in [2.75, 3.05) is 13.1 Å². The fourth-order valence-electron chi connectivity index (χ4n) is 3.06. The van der Waals surface area contributed by atoms with Gasteiger partial charge in [-0.05, 0) is 38.8 Å². The summed E-state index contributed by atoms with van der Waals surface area (Å²) in [5.41, 5.74) is 1.64. The lowest BCUT2D eigenvalue weighted by molar-refractivity contribution is -0.136. The van der Waals surface area contributed by atoms with E-state index in [0.29, 0.717) is 25.9 Å². The molecule has 0 saturated carbocycles. The molecule has 0 atom stereocenters. The molecule has 1 saturated heterocycles. The van der Waals surface area contributed by atoms with Crippen LogP contribution >= 0.6 is 0 Å². The molecule has 7 heteroatoms. The molecule has 2 aromatic rings. The summed E-state index contributed by atoms with van der Waals surface area (Å²) in [6.07, 6.45) is 1.42. The van der Waals surface area contributed by atoms with E-state index in [0.717, 1.165) is 11.0 Å². The SMILES string of the molecule is CC(C)NC(=O)C1CCN(C(=O)Cn2nnc3ccccc32)CC1. The molecule has 0 bridgehead atoms. The van der Waals surface area contributed by atoms with Gasteiger partial charge in [-0.15, -0.1) is 5.10 Å². The first kappa shape index (κ1) is 16.4. The molecule has 0 radical (unpaired) electrons. The van der Waals surface area contributed by atoms with Crippen LogP contribution in [0.3, 0.4) is 0 Å². The summed E-state index contributed by atoms with van der Waals surface area (Å²) in [4.78, 5) is 26.4. The van der Waals surface area contributed by atoms with E-state index < -0.39 is 0 Å². The van der Waals surface area contributed by atoms with Crippen LogP contribution in [-0.4, -0.2) is 50.8 Å². The smallest absolute Gasteiger partial charge is 0.244 e. The third-order valence-corrected chi connectivity index (χ3v) is 4.35. The fourth-order valence-corrected chi connectivity index (χ4v) is 3.06. The zero-order valence-corrected chi connectivity index (χ0v) is 14.1. The number of carbonyl (C=O) groups excluding carboxylic acids is 2. The number of hydrogen-bond donors (Lipinski definition) is 1. The van der Waals surface area contributed by atoms with Gasteiger partial charge in [-0.2, -0.15) is 0 Å². The number of carbonyl (C=O) groups is 2. The predicted molar refractivity (Wildman–Crippen MR) is 90.1 cm³/mol. The van der Waals surface area contributed by atoms with Crippen molar-refractivity contribution in [3.63, 3.8) is 0 Å². The Balaban J connectivity index is 1.57. The van der Waals surface area contributed by atoms with E-state index in [9.17, 15) is 9.59 Å². The van der Waals surface area contributed by atoms with Gasteiger partial charge in [0.05, 0.1) is 5.52 Å². The minimum absolute atomic E-state index is 0.00338. The number of benzene rings is 1. The predicted octanol–water partition coefficient (Wildman–Crippen LogP) is 1.19. The third-order valence-electron chi connectivity index (χ3n) is 4.35. The Morgan fingerprint density at radius 2 is 1.96 bits per heavy atom. The molecule has 3 rings (SSSR count). The Labute approximate surface area is 141 Å². The van der Waals surface area contributed by atoms with Crippen LogP contribution in [0.25, 0.3) is 11.0 Å². The van der Waals surface area contributed by atoms with Gasteiger partial charge in [0.15, 0.2) is 0 Å². The largest absolute Gasteiger partial charge is 0.354 e. The van der Waals surface area contributed by atoms with Gasteiger partial charge in [-0.25, -0.2) is 4.68 Å². The monoisotopic (exact) mass is 329 g/mol. The third kappa shape index (κ3) is 3.55. The molecular formula is C17H23N5O2. The Hall–Kier alpha value is -2.44. The van der Waals surface area contributed by atoms with Crippen molar-refractivity contribution in [1.29, 1.82) is 0 Å². The second kappa shape index (κ2) is 6.98. The maximum atomic E-state index is 12.5. The van der Waals surface area contributed by atoms with Crippen LogP contribution in [0.2, 0.25) is 0 Å². The molecule has 1 aliphatic heterocycles. The van der Waals surface area contributed by atoms with E-state index >= 15 is 0 Å². The first-order chi connectivity index (χ1) is 11.5. The van der Waals surface area contributed by atoms with Crippen LogP contribution in [-0.2, 0) is 16.1 Å². The number of likely N-dealkylation sites (tertiary alicyclic amines) is 1. The molecule has 0 unspecified atom stereocenters. The van der Waals surface area contributed by atoms with Gasteiger partial charge >= 0.3 is 0 Å². The number of aromatic nitrogens is 3. The number of amides is 2. The van der Waals surface area contributed by atoms with Crippen molar-refractivity contribution in [2.24, 2.45) is 5.92 Å². The van der Waals surface area contributed by atoms with Gasteiger partial charge in [0.1, 0.15) is 12.1 Å². The highest BCUT2D eigenvalue weighted by atomic mass is 16.2. The molecule has 2 heterocycles. The van der Waals surface area contributed by atoms with E-state index in [1.54, 1.807) is 4.68 Å². The van der Waals surface area contributed by atoms with Gasteiger partial charge < -0.3 is 10.2 Å². The molecule has 2 amide bonds. The van der Waals surface area contributed by atoms with Crippen LogP contribution in [0, 0.1) is 5.92 Å². The Kier molecular flexibility index (Phi) is 4.78. The van der Waals surface area contributed by atoms with Crippen molar-refractivity contribution >= 4 is 22.8 Å². The van der Waals surface area contributed by atoms with Crippen molar-refractivity contribution < 1.29 is 9.59 Å². The fraction of sp³-hybridized carbons (Fsp3) is 0.529. The van der Waals surface area contributed by atoms with Gasteiger partial charge in [0, 0.05) is 25.0 Å². The minimum Gasteiger partial charge on any atom is -0.354 e. The quantitative estimate of drug-likeness (QED) is 0.914. The molecule has 1 aliphatic rings. The first-order valence-electron chi connectivity index (χ1n) is 8.41. The standard InChI is InChI=1S/C17H23N5O2/c1-12(2)18-17(24)13-7-9-21(10-8-13)16(23)11-22-15-6-4-3-5-14(15)19-20-22/h3-6,12-13H,7-11H2,1-2H3,(H,18,24). The lowest BCUT2D eigenvalue weighted by Crippen LogP contribution is -2.45. The average Bonchev–Trinajstić information content (AvgIpc) is 2.97. The normalized spacial score (nSPS) is 15.9. The number of para-hydroxylation sites is 1. The van der Waals surface area contributed by atoms with E-state index in [2.05, 4.69) is 15.6 Å². The van der Waals surface area contributed by atoms with Crippen LogP contribution in [0.15, 0.2) is 24.3 Å². The molecule has 24 heavy (non-hydrogen) atoms. The molecule has 0 spiro atoms. The number of rotatable bonds is 4. The number of nitrogens with one attached hydrogen (secondary N) is 1. The zero-order chi connectivity index (χ0) is 17.1. The molecule has 1 fully saturated rings. The number of nitrogens with zero attached hydrogens (tertiary/aromatic N) is 4. The van der Waals surface area contributed by atoms with E-state index in [1.165, 1.54) is 0 Å². The minimum atomic E-state index is 0.00338. The summed E-state index contributed by atoms with van der Waals surface area (Å²) in [5, 5.41) is 11.1. The van der Waals surface area contributed by atoms with Crippen molar-refractivity contribution in [1.82, 2.24) is 25.2 Å². The van der Waals surface area contributed by atoms with Crippen molar-refractivity contribution in [3.8, 4) is 0 Å². The number of piperidine rings is 1. The van der Waals surface area contributed by atoms with Crippen LogP contribution < -0.4 is 5.32 Å². The molecular weight excluding hydrogens is 306 g/mol. The Bertz CT molecular complexity index is 731. The highest BCUT2D eigenvalue weighted by Gasteiger charge is 2.27. The maximum absolute atomic E-state index is 12.5. The molecule has 7 nitrogen and oxygen atoms in total. The molecule has 1 aromatic heterocycles. The summed E-state index contributed by atoms with van der Waals surface area (Å²) in [7, 11) is 0. The topological polar surface area (TPSA) is 80.1 Å². The Morgan fingerprint density at radius 3 is 2.67 bits per heavy atom. The summed E-state index contributed by atoms with van der Waals surface area (Å²) >= 11 is 0. The average molecular weight is 329 g/mol. The van der Waals surface area contributed by atoms with Crippen LogP contribution in [0.4, 0.5) is 0 Å². The highest BCUT2D eigenvalue weighted by Crippen LogP contribution is 2.18. The molecule has 1 N–H and O–H groups in total. The van der Waals surface area contributed by atoms with E-state index in [4.69, 9.17) is 0 Å². The summed E-state index contributed by atoms with van der Waals surface area (Å²) in [6.45, 7) is 5.32. The Morgan fingerprint density at radius 1 is 1.25 bits per heavy atom. The summed E-state index contributed by atoms with van der Waals surface area (Å²) in [5.74, 6) is 0.122. The molecule has 128 valence electrons. The van der Waals surface area contributed by atoms with Gasteiger partial charge in [-0.3, -0.25) is 9.59 Å². The summed E-state index contributed by atoms with van der Waals surface area (Å²) in [6, 6.07) is 7.74. The van der Waals surface area contributed by atoms with E-state index in [1.807, 2.05) is 43.0 Å². The van der Waals surface area contributed by atoms with Crippen molar-refractivity contribution in [2.45, 2.75) is 39.3 Å². The van der Waals surface area contributed by atoms with Gasteiger partial charge in [0.2, 0.25) is 11.8 Å². The second-order valence-corrected chi connectivity index (χ2v) is 6.55. The first-order valence-corrected chi connectivity index (χ1v) is 8.41. The maximum Gasteiger partial charge on any atom is 0.244 e. The highest BCUT2D eigenvalue weighted by molar-refractivity contribution is 5.81. The lowest BCUT2D eigenvalue weighted by atomic mass is 9.95. The molecule has 1 aromatic carbocycles. The van der Waals surface area contributed by atoms with Crippen LogP contribution in [0.5, 0.6) is 0 Å². The second-order valence-electron chi connectivity index (χ2n) is 6.55. The van der Waals surface area contributed by atoms with Gasteiger partial charge in [0.25, 0.3) is 0 Å². The number of fused-ring (bicyclic) bond motifs is 1. The summed E-state index contributed by atoms with van der Waals surface area (Å²) < 4.78 is 1.63. The van der Waals surface area contributed by atoms with Crippen molar-refractivity contribution in [3.05, 3.63) is 24.3 Å². The van der Waals surface area contributed by atoms with Crippen LogP contribution in [0.1, 0.15) is 26.7 Å². The van der Waals surface area contributed by atoms with Gasteiger partial charge in [-0.1, -0.05) is 17.3 Å². The lowest BCUT2D eigenvalue weighted by Gasteiger charge is -2.31. The molecule has 0 aliphatic carbocycles.